The molecule has 4 heteroatoms. The molecule has 20 heavy (non-hydrogen) atoms. The number of rotatable bonds is 8. The molecule has 0 aromatic heterocycles. The van der Waals surface area contributed by atoms with Gasteiger partial charge >= 0.3 is 6.03 Å². The van der Waals surface area contributed by atoms with Crippen molar-refractivity contribution in [1.82, 2.24) is 10.6 Å². The first-order valence-corrected chi connectivity index (χ1v) is 7.39. The highest BCUT2D eigenvalue weighted by atomic mass is 16.5. The maximum Gasteiger partial charge on any atom is 0.314 e. The summed E-state index contributed by atoms with van der Waals surface area (Å²) in [4.78, 5) is 11.3. The number of carbonyl (C=O) groups is 1. The fourth-order valence-corrected chi connectivity index (χ4v) is 1.84. The lowest BCUT2D eigenvalue weighted by Crippen LogP contribution is -2.36. The quantitative estimate of drug-likeness (QED) is 0.718. The molecule has 1 aromatic rings. The molecular formula is C16H26N2O2. The summed E-state index contributed by atoms with van der Waals surface area (Å²) < 4.78 is 5.66. The second-order valence-electron chi connectivity index (χ2n) is 5.10. The third-order valence-electron chi connectivity index (χ3n) is 2.73. The van der Waals surface area contributed by atoms with E-state index >= 15 is 0 Å². The number of nitrogens with one attached hydrogen (secondary N) is 2. The van der Waals surface area contributed by atoms with E-state index < -0.39 is 0 Å². The number of hydrogen-bond acceptors (Lipinski definition) is 2. The van der Waals surface area contributed by atoms with E-state index in [1.54, 1.807) is 0 Å². The Morgan fingerprint density at radius 2 is 2.00 bits per heavy atom. The number of amides is 2. The predicted octanol–water partition coefficient (Wildman–Crippen LogP) is 3.12. The number of aryl methyl sites for hydroxylation is 1. The molecule has 0 saturated heterocycles. The SMILES string of the molecule is CCCNC(=O)NCCCc1cccc(OC(C)C)c1. The summed E-state index contributed by atoms with van der Waals surface area (Å²) in [7, 11) is 0. The highest BCUT2D eigenvalue weighted by Gasteiger charge is 2.01. The van der Waals surface area contributed by atoms with E-state index in [0.29, 0.717) is 6.54 Å². The molecule has 2 N–H and O–H groups in total. The van der Waals surface area contributed by atoms with E-state index in [9.17, 15) is 4.79 Å². The first-order valence-electron chi connectivity index (χ1n) is 7.39. The molecule has 0 aliphatic carbocycles. The van der Waals surface area contributed by atoms with Crippen LogP contribution in [0.1, 0.15) is 39.2 Å². The first kappa shape index (κ1) is 16.3. The minimum Gasteiger partial charge on any atom is -0.491 e. The van der Waals surface area contributed by atoms with Gasteiger partial charge in [-0.2, -0.15) is 0 Å². The van der Waals surface area contributed by atoms with E-state index in [2.05, 4.69) is 22.8 Å². The number of ether oxygens (including phenoxy) is 1. The molecular weight excluding hydrogens is 252 g/mol. The lowest BCUT2D eigenvalue weighted by atomic mass is 10.1. The van der Waals surface area contributed by atoms with Gasteiger partial charge in [0.15, 0.2) is 0 Å². The zero-order chi connectivity index (χ0) is 14.8. The summed E-state index contributed by atoms with van der Waals surface area (Å²) in [6, 6.07) is 8.05. The van der Waals surface area contributed by atoms with Crippen LogP contribution in [-0.2, 0) is 6.42 Å². The summed E-state index contributed by atoms with van der Waals surface area (Å²) in [6.45, 7) is 7.48. The normalized spacial score (nSPS) is 10.4. The molecule has 0 unspecified atom stereocenters. The lowest BCUT2D eigenvalue weighted by Gasteiger charge is -2.11. The van der Waals surface area contributed by atoms with Crippen molar-refractivity contribution in [2.24, 2.45) is 0 Å². The van der Waals surface area contributed by atoms with E-state index in [4.69, 9.17) is 4.74 Å². The van der Waals surface area contributed by atoms with Crippen molar-refractivity contribution in [3.8, 4) is 5.75 Å². The first-order chi connectivity index (χ1) is 9.61. The van der Waals surface area contributed by atoms with Crippen LogP contribution in [0, 0.1) is 0 Å². The monoisotopic (exact) mass is 278 g/mol. The van der Waals surface area contributed by atoms with Gasteiger partial charge in [-0.05, 0) is 50.8 Å². The van der Waals surface area contributed by atoms with Crippen LogP contribution in [0.15, 0.2) is 24.3 Å². The van der Waals surface area contributed by atoms with E-state index in [0.717, 1.165) is 31.6 Å². The molecule has 0 bridgehead atoms. The van der Waals surface area contributed by atoms with Gasteiger partial charge in [0.1, 0.15) is 5.75 Å². The number of hydrogen-bond donors (Lipinski definition) is 2. The summed E-state index contributed by atoms with van der Waals surface area (Å²) in [5.41, 5.74) is 1.24. The molecule has 0 atom stereocenters. The molecule has 1 aromatic carbocycles. The van der Waals surface area contributed by atoms with Crippen molar-refractivity contribution in [2.75, 3.05) is 13.1 Å². The second kappa shape index (κ2) is 9.23. The van der Waals surface area contributed by atoms with Gasteiger partial charge in [0.25, 0.3) is 0 Å². The second-order valence-corrected chi connectivity index (χ2v) is 5.10. The molecule has 0 radical (unpaired) electrons. The van der Waals surface area contributed by atoms with Crippen LogP contribution in [0.4, 0.5) is 4.79 Å². The number of carbonyl (C=O) groups excluding carboxylic acids is 1. The van der Waals surface area contributed by atoms with Crippen molar-refractivity contribution in [2.45, 2.75) is 46.1 Å². The maximum absolute atomic E-state index is 11.3. The van der Waals surface area contributed by atoms with E-state index in [-0.39, 0.29) is 12.1 Å². The third-order valence-corrected chi connectivity index (χ3v) is 2.73. The standard InChI is InChI=1S/C16H26N2O2/c1-4-10-17-16(19)18-11-6-8-14-7-5-9-15(12-14)20-13(2)3/h5,7,9,12-13H,4,6,8,10-11H2,1-3H3,(H2,17,18,19). The van der Waals surface area contributed by atoms with Gasteiger partial charge in [0.2, 0.25) is 0 Å². The highest BCUT2D eigenvalue weighted by molar-refractivity contribution is 5.73. The zero-order valence-corrected chi connectivity index (χ0v) is 12.7. The summed E-state index contributed by atoms with van der Waals surface area (Å²) in [5, 5.41) is 5.64. The van der Waals surface area contributed by atoms with Crippen molar-refractivity contribution in [1.29, 1.82) is 0 Å². The maximum atomic E-state index is 11.3. The van der Waals surface area contributed by atoms with Crippen LogP contribution in [0.25, 0.3) is 0 Å². The molecule has 0 heterocycles. The van der Waals surface area contributed by atoms with Gasteiger partial charge in [0, 0.05) is 13.1 Å². The van der Waals surface area contributed by atoms with Gasteiger partial charge < -0.3 is 15.4 Å². The molecule has 1 rings (SSSR count). The Balaban J connectivity index is 2.26. The van der Waals surface area contributed by atoms with E-state index in [1.165, 1.54) is 5.56 Å². The van der Waals surface area contributed by atoms with Crippen LogP contribution in [0.2, 0.25) is 0 Å². The topological polar surface area (TPSA) is 50.4 Å². The van der Waals surface area contributed by atoms with Crippen molar-refractivity contribution in [3.05, 3.63) is 29.8 Å². The van der Waals surface area contributed by atoms with Crippen LogP contribution >= 0.6 is 0 Å². The van der Waals surface area contributed by atoms with Gasteiger partial charge in [-0.15, -0.1) is 0 Å². The van der Waals surface area contributed by atoms with Crippen LogP contribution < -0.4 is 15.4 Å². The van der Waals surface area contributed by atoms with Crippen LogP contribution in [0.5, 0.6) is 5.75 Å². The van der Waals surface area contributed by atoms with E-state index in [1.807, 2.05) is 32.9 Å². The molecule has 0 aliphatic heterocycles. The average molecular weight is 278 g/mol. The lowest BCUT2D eigenvalue weighted by molar-refractivity contribution is 0.240. The van der Waals surface area contributed by atoms with Crippen LogP contribution in [-0.4, -0.2) is 25.2 Å². The minimum absolute atomic E-state index is 0.0799. The largest absolute Gasteiger partial charge is 0.491 e. The fourth-order valence-electron chi connectivity index (χ4n) is 1.84. The van der Waals surface area contributed by atoms with Crippen LogP contribution in [0.3, 0.4) is 0 Å². The Kier molecular flexibility index (Phi) is 7.55. The third kappa shape index (κ3) is 7.02. The van der Waals surface area contributed by atoms with Crippen molar-refractivity contribution < 1.29 is 9.53 Å². The Morgan fingerprint density at radius 3 is 2.70 bits per heavy atom. The number of urea groups is 1. The molecule has 4 nitrogen and oxygen atoms in total. The zero-order valence-electron chi connectivity index (χ0n) is 12.7. The molecule has 112 valence electrons. The summed E-state index contributed by atoms with van der Waals surface area (Å²) in [5.74, 6) is 0.908. The summed E-state index contributed by atoms with van der Waals surface area (Å²) >= 11 is 0. The Morgan fingerprint density at radius 1 is 1.25 bits per heavy atom. The molecule has 0 aliphatic rings. The fraction of sp³-hybridized carbons (Fsp3) is 0.562. The average Bonchev–Trinajstić information content (AvgIpc) is 2.41. The number of benzene rings is 1. The van der Waals surface area contributed by atoms with Gasteiger partial charge in [0.05, 0.1) is 6.10 Å². The van der Waals surface area contributed by atoms with Gasteiger partial charge in [-0.3, -0.25) is 0 Å². The molecule has 0 spiro atoms. The molecule has 0 saturated carbocycles. The van der Waals surface area contributed by atoms with Crippen molar-refractivity contribution >= 4 is 6.03 Å². The highest BCUT2D eigenvalue weighted by Crippen LogP contribution is 2.15. The molecule has 0 fully saturated rings. The minimum atomic E-state index is -0.0799. The predicted molar refractivity (Wildman–Crippen MR) is 82.2 cm³/mol. The van der Waals surface area contributed by atoms with Gasteiger partial charge in [-0.25, -0.2) is 4.79 Å². The Labute approximate surface area is 121 Å². The Hall–Kier alpha value is -1.71. The van der Waals surface area contributed by atoms with Crippen molar-refractivity contribution in [3.63, 3.8) is 0 Å². The molecule has 2 amide bonds. The Bertz CT molecular complexity index is 405. The summed E-state index contributed by atoms with van der Waals surface area (Å²) in [6.07, 6.45) is 3.00. The van der Waals surface area contributed by atoms with Gasteiger partial charge in [-0.1, -0.05) is 19.1 Å². The smallest absolute Gasteiger partial charge is 0.314 e.